The second-order valence-electron chi connectivity index (χ2n) is 2.95. The van der Waals surface area contributed by atoms with Crippen LogP contribution in [0.1, 0.15) is 28.0 Å². The molecule has 1 rings (SSSR count). The highest BCUT2D eigenvalue weighted by atomic mass is 19.3. The molecule has 1 aromatic heterocycles. The zero-order valence-corrected chi connectivity index (χ0v) is 8.54. The van der Waals surface area contributed by atoms with E-state index >= 15 is 0 Å². The van der Waals surface area contributed by atoms with Crippen LogP contribution >= 0.6 is 0 Å². The second kappa shape index (κ2) is 4.84. The molecule has 0 aliphatic heterocycles. The largest absolute Gasteiger partial charge is 0.465 e. The van der Waals surface area contributed by atoms with Crippen LogP contribution < -0.4 is 11.5 Å². The summed E-state index contributed by atoms with van der Waals surface area (Å²) in [6.45, 7) is -0.239. The number of hydrogen-bond acceptors (Lipinski definition) is 5. The van der Waals surface area contributed by atoms with Gasteiger partial charge in [-0.3, -0.25) is 0 Å². The molecule has 88 valence electrons. The molecular weight excluding hydrogens is 220 g/mol. The first-order chi connectivity index (χ1) is 7.51. The Balaban J connectivity index is 3.41. The monoisotopic (exact) mass is 231 g/mol. The summed E-state index contributed by atoms with van der Waals surface area (Å²) >= 11 is 0. The molecule has 0 amide bonds. The molecule has 0 saturated carbocycles. The van der Waals surface area contributed by atoms with Gasteiger partial charge in [-0.25, -0.2) is 18.6 Å². The Kier molecular flexibility index (Phi) is 3.73. The molecule has 0 radical (unpaired) electrons. The third-order valence-corrected chi connectivity index (χ3v) is 1.99. The number of halogens is 2. The molecule has 0 unspecified atom stereocenters. The van der Waals surface area contributed by atoms with Gasteiger partial charge in [0.25, 0.3) is 6.43 Å². The van der Waals surface area contributed by atoms with E-state index in [1.807, 2.05) is 0 Å². The lowest BCUT2D eigenvalue weighted by Crippen LogP contribution is -2.15. The van der Waals surface area contributed by atoms with Crippen molar-refractivity contribution >= 4 is 11.8 Å². The summed E-state index contributed by atoms with van der Waals surface area (Å²) < 4.78 is 29.7. The Labute approximate surface area is 90.4 Å². The average molecular weight is 231 g/mol. The van der Waals surface area contributed by atoms with E-state index in [2.05, 4.69) is 9.72 Å². The number of ether oxygens (including phenoxy) is 1. The topological polar surface area (TPSA) is 91.2 Å². The maximum absolute atomic E-state index is 12.6. The van der Waals surface area contributed by atoms with Crippen molar-refractivity contribution in [3.05, 3.63) is 22.9 Å². The van der Waals surface area contributed by atoms with Crippen molar-refractivity contribution in [1.29, 1.82) is 0 Å². The van der Waals surface area contributed by atoms with Gasteiger partial charge in [0.15, 0.2) is 0 Å². The van der Waals surface area contributed by atoms with Crippen LogP contribution in [0.4, 0.5) is 14.6 Å². The molecular formula is C9H11F2N3O2. The van der Waals surface area contributed by atoms with Gasteiger partial charge in [-0.2, -0.15) is 0 Å². The first kappa shape index (κ1) is 12.3. The SMILES string of the molecule is COC(=O)c1cc(N)nc(C(F)F)c1CN. The van der Waals surface area contributed by atoms with Gasteiger partial charge in [0, 0.05) is 12.1 Å². The first-order valence-corrected chi connectivity index (χ1v) is 4.37. The minimum absolute atomic E-state index is 0.0453. The number of nitrogens with two attached hydrogens (primary N) is 2. The Bertz CT molecular complexity index is 410. The van der Waals surface area contributed by atoms with Gasteiger partial charge in [0.1, 0.15) is 11.5 Å². The molecule has 1 aromatic rings. The summed E-state index contributed by atoms with van der Waals surface area (Å²) in [5.41, 5.74) is 9.93. The normalized spacial score (nSPS) is 10.6. The Morgan fingerprint density at radius 2 is 2.25 bits per heavy atom. The number of carbonyl (C=O) groups excluding carboxylic acids is 1. The molecule has 1 heterocycles. The smallest absolute Gasteiger partial charge is 0.338 e. The summed E-state index contributed by atoms with van der Waals surface area (Å²) in [4.78, 5) is 14.8. The molecule has 0 bridgehead atoms. The minimum Gasteiger partial charge on any atom is -0.465 e. The van der Waals surface area contributed by atoms with E-state index in [4.69, 9.17) is 11.5 Å². The number of nitrogen functional groups attached to an aromatic ring is 1. The van der Waals surface area contributed by atoms with Crippen molar-refractivity contribution in [2.24, 2.45) is 5.73 Å². The number of hydrogen-bond donors (Lipinski definition) is 2. The van der Waals surface area contributed by atoms with Gasteiger partial charge in [-0.1, -0.05) is 0 Å². The average Bonchev–Trinajstić information content (AvgIpc) is 2.26. The molecule has 0 saturated heterocycles. The third kappa shape index (κ3) is 2.25. The minimum atomic E-state index is -2.84. The van der Waals surface area contributed by atoms with Crippen LogP contribution in [0.3, 0.4) is 0 Å². The van der Waals surface area contributed by atoms with Gasteiger partial charge in [0.2, 0.25) is 0 Å². The van der Waals surface area contributed by atoms with Crippen LogP contribution in [0.25, 0.3) is 0 Å². The Morgan fingerprint density at radius 1 is 1.62 bits per heavy atom. The number of methoxy groups -OCH3 is 1. The molecule has 0 aromatic carbocycles. The van der Waals surface area contributed by atoms with Gasteiger partial charge in [-0.15, -0.1) is 0 Å². The van der Waals surface area contributed by atoms with E-state index in [1.165, 1.54) is 6.07 Å². The van der Waals surface area contributed by atoms with Gasteiger partial charge in [0.05, 0.1) is 12.7 Å². The summed E-state index contributed by atoms with van der Waals surface area (Å²) in [7, 11) is 1.14. The second-order valence-corrected chi connectivity index (χ2v) is 2.95. The summed E-state index contributed by atoms with van der Waals surface area (Å²) in [6, 6.07) is 1.17. The lowest BCUT2D eigenvalue weighted by molar-refractivity contribution is 0.0598. The van der Waals surface area contributed by atoms with Crippen LogP contribution in [0.15, 0.2) is 6.07 Å². The van der Waals surface area contributed by atoms with E-state index < -0.39 is 18.1 Å². The van der Waals surface area contributed by atoms with Gasteiger partial charge < -0.3 is 16.2 Å². The van der Waals surface area contributed by atoms with E-state index in [1.54, 1.807) is 0 Å². The lowest BCUT2D eigenvalue weighted by Gasteiger charge is -2.11. The summed E-state index contributed by atoms with van der Waals surface area (Å²) in [5.74, 6) is -0.940. The van der Waals surface area contributed by atoms with Crippen LogP contribution in [0, 0.1) is 0 Å². The maximum atomic E-state index is 12.6. The highest BCUT2D eigenvalue weighted by Gasteiger charge is 2.22. The predicted octanol–water partition coefficient (Wildman–Crippen LogP) is 0.847. The zero-order valence-electron chi connectivity index (χ0n) is 8.54. The van der Waals surface area contributed by atoms with Crippen molar-refractivity contribution in [2.75, 3.05) is 12.8 Å². The van der Waals surface area contributed by atoms with Crippen LogP contribution in [-0.4, -0.2) is 18.1 Å². The molecule has 0 aliphatic carbocycles. The third-order valence-electron chi connectivity index (χ3n) is 1.99. The number of rotatable bonds is 3. The quantitative estimate of drug-likeness (QED) is 0.752. The molecule has 5 nitrogen and oxygen atoms in total. The summed E-state index contributed by atoms with van der Waals surface area (Å²) in [5, 5.41) is 0. The lowest BCUT2D eigenvalue weighted by atomic mass is 10.1. The fourth-order valence-electron chi connectivity index (χ4n) is 1.30. The van der Waals surface area contributed by atoms with Gasteiger partial charge >= 0.3 is 5.97 Å². The van der Waals surface area contributed by atoms with Gasteiger partial charge in [-0.05, 0) is 6.07 Å². The molecule has 0 aliphatic rings. The molecule has 0 fully saturated rings. The van der Waals surface area contributed by atoms with Crippen molar-refractivity contribution in [3.63, 3.8) is 0 Å². The van der Waals surface area contributed by atoms with E-state index in [0.717, 1.165) is 7.11 Å². The predicted molar refractivity (Wildman–Crippen MR) is 52.8 cm³/mol. The standard InChI is InChI=1S/C9H11F2N3O2/c1-16-9(15)4-2-6(13)14-7(8(10)11)5(4)3-12/h2,8H,3,12H2,1H3,(H2,13,14). The number of alkyl halides is 2. The molecule has 0 spiro atoms. The van der Waals surface area contributed by atoms with Crippen molar-refractivity contribution in [3.8, 4) is 0 Å². The maximum Gasteiger partial charge on any atom is 0.338 e. The number of esters is 1. The Morgan fingerprint density at radius 3 is 2.69 bits per heavy atom. The van der Waals surface area contributed by atoms with Crippen LogP contribution in [0.2, 0.25) is 0 Å². The first-order valence-electron chi connectivity index (χ1n) is 4.37. The molecule has 16 heavy (non-hydrogen) atoms. The van der Waals surface area contributed by atoms with E-state index in [9.17, 15) is 13.6 Å². The van der Waals surface area contributed by atoms with Crippen molar-refractivity contribution < 1.29 is 18.3 Å². The van der Waals surface area contributed by atoms with Crippen LogP contribution in [-0.2, 0) is 11.3 Å². The highest BCUT2D eigenvalue weighted by molar-refractivity contribution is 5.92. The number of nitrogens with zero attached hydrogens (tertiary/aromatic N) is 1. The Hall–Kier alpha value is -1.76. The van der Waals surface area contributed by atoms with Crippen molar-refractivity contribution in [2.45, 2.75) is 13.0 Å². The molecule has 4 N–H and O–H groups in total. The highest BCUT2D eigenvalue weighted by Crippen LogP contribution is 2.25. The van der Waals surface area contributed by atoms with E-state index in [0.29, 0.717) is 0 Å². The van der Waals surface area contributed by atoms with E-state index in [-0.39, 0.29) is 23.5 Å². The number of carbonyl (C=O) groups is 1. The number of aromatic nitrogens is 1. The fourth-order valence-corrected chi connectivity index (χ4v) is 1.30. The zero-order chi connectivity index (χ0) is 12.3. The van der Waals surface area contributed by atoms with Crippen molar-refractivity contribution in [1.82, 2.24) is 4.98 Å². The van der Waals surface area contributed by atoms with Crippen LogP contribution in [0.5, 0.6) is 0 Å². The number of pyridine rings is 1. The number of anilines is 1. The molecule has 7 heteroatoms. The summed E-state index contributed by atoms with van der Waals surface area (Å²) in [6.07, 6.45) is -2.84. The molecule has 0 atom stereocenters. The fraction of sp³-hybridized carbons (Fsp3) is 0.333.